The molecule has 0 bridgehead atoms. The smallest absolute Gasteiger partial charge is 0.126 e. The molecule has 0 aliphatic rings. The molecular formula is C11H14FO. The first-order valence-electron chi connectivity index (χ1n) is 4.41. The summed E-state index contributed by atoms with van der Waals surface area (Å²) in [7, 11) is 0. The third kappa shape index (κ3) is 2.28. The minimum Gasteiger partial charge on any atom is -0.395 e. The van der Waals surface area contributed by atoms with E-state index in [1.807, 2.05) is 13.0 Å². The lowest BCUT2D eigenvalue weighted by Crippen LogP contribution is -2.01. The van der Waals surface area contributed by atoms with Gasteiger partial charge in [0.1, 0.15) is 5.82 Å². The molecule has 1 N–H and O–H groups in total. The van der Waals surface area contributed by atoms with Gasteiger partial charge in [-0.1, -0.05) is 26.0 Å². The molecule has 1 rings (SSSR count). The van der Waals surface area contributed by atoms with Crippen molar-refractivity contribution < 1.29 is 9.50 Å². The Kier molecular flexibility index (Phi) is 3.43. The van der Waals surface area contributed by atoms with Crippen LogP contribution in [-0.2, 0) is 6.42 Å². The lowest BCUT2D eigenvalue weighted by molar-refractivity contribution is 0.315. The second-order valence-corrected chi connectivity index (χ2v) is 3.10. The van der Waals surface area contributed by atoms with E-state index in [1.54, 1.807) is 13.0 Å². The summed E-state index contributed by atoms with van der Waals surface area (Å²) in [4.78, 5) is 0. The van der Waals surface area contributed by atoms with Crippen molar-refractivity contribution >= 4 is 0 Å². The maximum atomic E-state index is 13.3. The predicted molar refractivity (Wildman–Crippen MR) is 50.9 cm³/mol. The average Bonchev–Trinajstić information content (AvgIpc) is 2.16. The number of hydrogen-bond acceptors (Lipinski definition) is 1. The Morgan fingerprint density at radius 2 is 2.15 bits per heavy atom. The Bertz CT molecular complexity index is 283. The average molecular weight is 181 g/mol. The summed E-state index contributed by atoms with van der Waals surface area (Å²) in [6, 6.07) is 5.08. The minimum absolute atomic E-state index is 0.0229. The van der Waals surface area contributed by atoms with E-state index in [0.29, 0.717) is 6.42 Å². The quantitative estimate of drug-likeness (QED) is 0.758. The fourth-order valence-corrected chi connectivity index (χ4v) is 1.19. The van der Waals surface area contributed by atoms with E-state index < -0.39 is 0 Å². The van der Waals surface area contributed by atoms with Gasteiger partial charge in [0.25, 0.3) is 0 Å². The molecule has 0 unspecified atom stereocenters. The van der Waals surface area contributed by atoms with E-state index in [2.05, 4.69) is 0 Å². The van der Waals surface area contributed by atoms with Crippen LogP contribution in [0.15, 0.2) is 18.2 Å². The Labute approximate surface area is 78.2 Å². The standard InChI is InChI=1S/C11H14FO/c1-3-9-4-5-10(6-11(9)12)8(2)7-13/h4-6,13H,3,7H2,1-2H3. The maximum absolute atomic E-state index is 13.3. The molecule has 0 aliphatic carbocycles. The topological polar surface area (TPSA) is 20.2 Å². The molecule has 0 fully saturated rings. The second-order valence-electron chi connectivity index (χ2n) is 3.10. The first-order chi connectivity index (χ1) is 6.19. The van der Waals surface area contributed by atoms with E-state index in [9.17, 15) is 4.39 Å². The molecule has 71 valence electrons. The number of aryl methyl sites for hydroxylation is 1. The molecule has 13 heavy (non-hydrogen) atoms. The maximum Gasteiger partial charge on any atom is 0.126 e. The highest BCUT2D eigenvalue weighted by atomic mass is 19.1. The molecule has 0 aromatic heterocycles. The zero-order valence-electron chi connectivity index (χ0n) is 7.97. The molecule has 0 heterocycles. The summed E-state index contributed by atoms with van der Waals surface area (Å²) in [5.41, 5.74) is 1.49. The van der Waals surface area contributed by atoms with Crippen LogP contribution in [0, 0.1) is 11.7 Å². The molecule has 0 aliphatic heterocycles. The third-order valence-corrected chi connectivity index (χ3v) is 2.16. The van der Waals surface area contributed by atoms with Crippen LogP contribution >= 0.6 is 0 Å². The number of aliphatic hydroxyl groups excluding tert-OH is 1. The molecule has 0 spiro atoms. The second kappa shape index (κ2) is 4.38. The molecular weight excluding hydrogens is 167 g/mol. The SMILES string of the molecule is CCc1ccc([C](C)CO)cc1F. The van der Waals surface area contributed by atoms with Crippen LogP contribution in [-0.4, -0.2) is 11.7 Å². The van der Waals surface area contributed by atoms with Gasteiger partial charge in [0.05, 0.1) is 6.61 Å². The Morgan fingerprint density at radius 1 is 1.46 bits per heavy atom. The van der Waals surface area contributed by atoms with Crippen molar-refractivity contribution in [2.45, 2.75) is 20.3 Å². The first kappa shape index (κ1) is 10.2. The van der Waals surface area contributed by atoms with Gasteiger partial charge in [-0.15, -0.1) is 0 Å². The van der Waals surface area contributed by atoms with Crippen molar-refractivity contribution in [3.8, 4) is 0 Å². The molecule has 0 saturated heterocycles. The van der Waals surface area contributed by atoms with Crippen molar-refractivity contribution in [1.82, 2.24) is 0 Å². The summed E-state index contributed by atoms with van der Waals surface area (Å²) in [6.45, 7) is 3.69. The van der Waals surface area contributed by atoms with Crippen molar-refractivity contribution in [2.24, 2.45) is 0 Å². The third-order valence-electron chi connectivity index (χ3n) is 2.16. The molecule has 0 amide bonds. The fraction of sp³-hybridized carbons (Fsp3) is 0.364. The van der Waals surface area contributed by atoms with Crippen molar-refractivity contribution in [3.63, 3.8) is 0 Å². The number of halogens is 1. The first-order valence-corrected chi connectivity index (χ1v) is 4.41. The van der Waals surface area contributed by atoms with Gasteiger partial charge in [-0.25, -0.2) is 4.39 Å². The normalized spacial score (nSPS) is 10.8. The number of hydrogen-bond donors (Lipinski definition) is 1. The highest BCUT2D eigenvalue weighted by molar-refractivity contribution is 5.33. The highest BCUT2D eigenvalue weighted by Crippen LogP contribution is 2.17. The van der Waals surface area contributed by atoms with Crippen molar-refractivity contribution in [1.29, 1.82) is 0 Å². The van der Waals surface area contributed by atoms with Crippen LogP contribution in [0.1, 0.15) is 25.0 Å². The molecule has 1 radical (unpaired) electrons. The molecule has 1 aromatic rings. The number of benzene rings is 1. The lowest BCUT2D eigenvalue weighted by atomic mass is 10.00. The van der Waals surface area contributed by atoms with Crippen LogP contribution in [0.25, 0.3) is 0 Å². The van der Waals surface area contributed by atoms with E-state index in [-0.39, 0.29) is 12.4 Å². The Balaban J connectivity index is 2.95. The molecule has 0 atom stereocenters. The van der Waals surface area contributed by atoms with Gasteiger partial charge in [-0.3, -0.25) is 0 Å². The summed E-state index contributed by atoms with van der Waals surface area (Å²) < 4.78 is 13.3. The van der Waals surface area contributed by atoms with Gasteiger partial charge < -0.3 is 5.11 Å². The van der Waals surface area contributed by atoms with E-state index in [1.165, 1.54) is 6.07 Å². The van der Waals surface area contributed by atoms with Crippen LogP contribution in [0.5, 0.6) is 0 Å². The number of rotatable bonds is 3. The Morgan fingerprint density at radius 3 is 2.62 bits per heavy atom. The van der Waals surface area contributed by atoms with Crippen LogP contribution in [0.2, 0.25) is 0 Å². The number of aliphatic hydroxyl groups is 1. The van der Waals surface area contributed by atoms with Gasteiger partial charge >= 0.3 is 0 Å². The Hall–Kier alpha value is -0.890. The predicted octanol–water partition coefficient (Wildman–Crippen LogP) is 2.32. The summed E-state index contributed by atoms with van der Waals surface area (Å²) >= 11 is 0. The van der Waals surface area contributed by atoms with Crippen LogP contribution in [0.4, 0.5) is 4.39 Å². The monoisotopic (exact) mass is 181 g/mol. The van der Waals surface area contributed by atoms with Crippen LogP contribution < -0.4 is 0 Å². The van der Waals surface area contributed by atoms with Gasteiger partial charge in [-0.2, -0.15) is 0 Å². The zero-order valence-corrected chi connectivity index (χ0v) is 7.97. The van der Waals surface area contributed by atoms with E-state index in [0.717, 1.165) is 17.0 Å². The van der Waals surface area contributed by atoms with Gasteiger partial charge in [0.2, 0.25) is 0 Å². The summed E-state index contributed by atoms with van der Waals surface area (Å²) in [6.07, 6.45) is 0.699. The van der Waals surface area contributed by atoms with Crippen LogP contribution in [0.3, 0.4) is 0 Å². The molecule has 2 heteroatoms. The van der Waals surface area contributed by atoms with Gasteiger partial charge in [0.15, 0.2) is 0 Å². The van der Waals surface area contributed by atoms with E-state index in [4.69, 9.17) is 5.11 Å². The lowest BCUT2D eigenvalue weighted by Gasteiger charge is -2.08. The molecule has 1 aromatic carbocycles. The largest absolute Gasteiger partial charge is 0.395 e. The zero-order chi connectivity index (χ0) is 9.84. The molecule has 1 nitrogen and oxygen atoms in total. The van der Waals surface area contributed by atoms with E-state index >= 15 is 0 Å². The van der Waals surface area contributed by atoms with Gasteiger partial charge in [0, 0.05) is 5.92 Å². The van der Waals surface area contributed by atoms with Gasteiger partial charge in [-0.05, 0) is 23.6 Å². The summed E-state index contributed by atoms with van der Waals surface area (Å²) in [5.74, 6) is 0.606. The molecule has 0 saturated carbocycles. The highest BCUT2D eigenvalue weighted by Gasteiger charge is 2.07. The fourth-order valence-electron chi connectivity index (χ4n) is 1.19. The van der Waals surface area contributed by atoms with Crippen molar-refractivity contribution in [2.75, 3.05) is 6.61 Å². The minimum atomic E-state index is -0.187. The van der Waals surface area contributed by atoms with Crippen molar-refractivity contribution in [3.05, 3.63) is 41.1 Å². The summed E-state index contributed by atoms with van der Waals surface area (Å²) in [5, 5.41) is 8.85.